The summed E-state index contributed by atoms with van der Waals surface area (Å²) < 4.78 is 1.28. The quantitative estimate of drug-likeness (QED) is 0.823. The average Bonchev–Trinajstić information content (AvgIpc) is 2.63. The van der Waals surface area contributed by atoms with Crippen molar-refractivity contribution in [2.45, 2.75) is 37.3 Å². The molecule has 0 radical (unpaired) electrons. The highest BCUT2D eigenvalue weighted by Crippen LogP contribution is 2.45. The van der Waals surface area contributed by atoms with Crippen LogP contribution in [-0.2, 0) is 0 Å². The van der Waals surface area contributed by atoms with Crippen molar-refractivity contribution in [3.63, 3.8) is 0 Å². The molecule has 0 amide bonds. The predicted molar refractivity (Wildman–Crippen MR) is 81.7 cm³/mol. The summed E-state index contributed by atoms with van der Waals surface area (Å²) in [5, 5.41) is 9.79. The second kappa shape index (κ2) is 5.10. The molecule has 2 aliphatic heterocycles. The molecule has 1 aromatic rings. The van der Waals surface area contributed by atoms with Gasteiger partial charge < -0.3 is 10.0 Å². The molecule has 2 fully saturated rings. The zero-order valence-electron chi connectivity index (χ0n) is 10.7. The Hall–Kier alpha value is -0.130. The second-order valence-electron chi connectivity index (χ2n) is 5.70. The molecule has 0 spiro atoms. The van der Waals surface area contributed by atoms with Gasteiger partial charge in [0.15, 0.2) is 0 Å². The topological polar surface area (TPSA) is 23.5 Å². The van der Waals surface area contributed by atoms with Crippen molar-refractivity contribution in [1.82, 2.24) is 4.90 Å². The van der Waals surface area contributed by atoms with Gasteiger partial charge in [-0.1, -0.05) is 12.1 Å². The van der Waals surface area contributed by atoms with Crippen LogP contribution in [0, 0.1) is 9.49 Å². The Balaban J connectivity index is 1.89. The summed E-state index contributed by atoms with van der Waals surface area (Å²) >= 11 is 2.35. The number of nitrogens with zero attached hydrogens (tertiary/aromatic N) is 1. The van der Waals surface area contributed by atoms with Gasteiger partial charge >= 0.3 is 0 Å². The van der Waals surface area contributed by atoms with Crippen molar-refractivity contribution in [2.75, 3.05) is 13.7 Å². The van der Waals surface area contributed by atoms with Crippen LogP contribution in [0.15, 0.2) is 24.3 Å². The van der Waals surface area contributed by atoms with E-state index < -0.39 is 0 Å². The van der Waals surface area contributed by atoms with Gasteiger partial charge in [-0.3, -0.25) is 0 Å². The monoisotopic (exact) mass is 357 g/mol. The molecule has 2 saturated heterocycles. The van der Waals surface area contributed by atoms with Crippen molar-refractivity contribution in [2.24, 2.45) is 5.92 Å². The molecule has 3 unspecified atom stereocenters. The van der Waals surface area contributed by atoms with Crippen LogP contribution < -0.4 is 0 Å². The minimum atomic E-state index is 0.318. The van der Waals surface area contributed by atoms with Crippen LogP contribution in [0.1, 0.15) is 30.7 Å². The van der Waals surface area contributed by atoms with Crippen LogP contribution in [-0.4, -0.2) is 35.7 Å². The van der Waals surface area contributed by atoms with E-state index in [0.29, 0.717) is 24.5 Å². The molecule has 1 N–H and O–H groups in total. The number of benzene rings is 1. The van der Waals surface area contributed by atoms with E-state index in [0.717, 1.165) is 6.04 Å². The van der Waals surface area contributed by atoms with Gasteiger partial charge in [-0.15, -0.1) is 0 Å². The Bertz CT molecular complexity index is 419. The Morgan fingerprint density at radius 3 is 2.67 bits per heavy atom. The van der Waals surface area contributed by atoms with Gasteiger partial charge in [0.1, 0.15) is 0 Å². The summed E-state index contributed by atoms with van der Waals surface area (Å²) in [6, 6.07) is 10.2. The fourth-order valence-electron chi connectivity index (χ4n) is 3.92. The maximum absolute atomic E-state index is 9.79. The molecule has 2 bridgehead atoms. The zero-order chi connectivity index (χ0) is 12.7. The zero-order valence-corrected chi connectivity index (χ0v) is 12.9. The second-order valence-corrected chi connectivity index (χ2v) is 6.95. The summed E-state index contributed by atoms with van der Waals surface area (Å²) in [5.74, 6) is 0.953. The van der Waals surface area contributed by atoms with Gasteiger partial charge in [0.05, 0.1) is 0 Å². The number of fused-ring (bicyclic) bond motifs is 2. The number of piperidine rings is 1. The lowest BCUT2D eigenvalue weighted by Gasteiger charge is -2.42. The molecule has 18 heavy (non-hydrogen) atoms. The lowest BCUT2D eigenvalue weighted by atomic mass is 9.76. The third-order valence-electron chi connectivity index (χ3n) is 4.94. The van der Waals surface area contributed by atoms with Crippen molar-refractivity contribution in [3.8, 4) is 0 Å². The van der Waals surface area contributed by atoms with E-state index in [4.69, 9.17) is 0 Å². The Labute approximate surface area is 123 Å². The summed E-state index contributed by atoms with van der Waals surface area (Å²) in [5.41, 5.74) is 1.42. The van der Waals surface area contributed by atoms with Gasteiger partial charge in [-0.05, 0) is 72.5 Å². The Morgan fingerprint density at radius 2 is 2.00 bits per heavy atom. The molecule has 2 heterocycles. The van der Waals surface area contributed by atoms with Crippen molar-refractivity contribution < 1.29 is 5.11 Å². The highest BCUT2D eigenvalue weighted by molar-refractivity contribution is 14.1. The molecule has 2 nitrogen and oxygen atoms in total. The van der Waals surface area contributed by atoms with Crippen molar-refractivity contribution in [3.05, 3.63) is 33.4 Å². The maximum Gasteiger partial charge on any atom is 0.0480 e. The summed E-state index contributed by atoms with van der Waals surface area (Å²) in [6.07, 6.45) is 3.77. The highest BCUT2D eigenvalue weighted by Gasteiger charge is 2.45. The number of aliphatic hydroxyl groups excluding tert-OH is 1. The minimum absolute atomic E-state index is 0.318. The first-order chi connectivity index (χ1) is 8.70. The molecule has 98 valence electrons. The molecule has 1 aromatic carbocycles. The van der Waals surface area contributed by atoms with Crippen LogP contribution in [0.4, 0.5) is 0 Å². The van der Waals surface area contributed by atoms with Gasteiger partial charge in [-0.2, -0.15) is 0 Å². The number of halogens is 1. The Morgan fingerprint density at radius 1 is 1.28 bits per heavy atom. The lowest BCUT2D eigenvalue weighted by molar-refractivity contribution is 0.0592. The standard InChI is InChI=1S/C15H20INO/c1-17-12-6-7-15(17)14(9-18)13(8-12)10-2-4-11(16)5-3-10/h2-5,12-15,18H,6-9H2,1H3/t12?,13-,14?,15?/m1/s1. The van der Waals surface area contributed by atoms with E-state index in [-0.39, 0.29) is 0 Å². The third kappa shape index (κ3) is 2.10. The highest BCUT2D eigenvalue weighted by atomic mass is 127. The van der Waals surface area contributed by atoms with Crippen molar-refractivity contribution in [1.29, 1.82) is 0 Å². The fraction of sp³-hybridized carbons (Fsp3) is 0.600. The molecule has 0 aliphatic carbocycles. The van der Waals surface area contributed by atoms with Crippen LogP contribution in [0.2, 0.25) is 0 Å². The molecule has 0 aromatic heterocycles. The van der Waals surface area contributed by atoms with E-state index in [9.17, 15) is 5.11 Å². The van der Waals surface area contributed by atoms with Gasteiger partial charge in [0.25, 0.3) is 0 Å². The third-order valence-corrected chi connectivity index (χ3v) is 5.66. The number of aliphatic hydroxyl groups is 1. The molecular formula is C15H20INO. The first kappa shape index (κ1) is 12.9. The lowest BCUT2D eigenvalue weighted by Crippen LogP contribution is -2.47. The van der Waals surface area contributed by atoms with E-state index >= 15 is 0 Å². The van der Waals surface area contributed by atoms with Crippen LogP contribution in [0.5, 0.6) is 0 Å². The normalized spacial score (nSPS) is 35.9. The number of hydrogen-bond acceptors (Lipinski definition) is 2. The maximum atomic E-state index is 9.79. The summed E-state index contributed by atoms with van der Waals surface area (Å²) in [6.45, 7) is 0.318. The number of hydrogen-bond donors (Lipinski definition) is 1. The smallest absolute Gasteiger partial charge is 0.0480 e. The van der Waals surface area contributed by atoms with Crippen LogP contribution in [0.25, 0.3) is 0 Å². The minimum Gasteiger partial charge on any atom is -0.396 e. The van der Waals surface area contributed by atoms with E-state index in [1.54, 1.807) is 0 Å². The van der Waals surface area contributed by atoms with Crippen LogP contribution in [0.3, 0.4) is 0 Å². The predicted octanol–water partition coefficient (Wildman–Crippen LogP) is 2.85. The largest absolute Gasteiger partial charge is 0.396 e. The van der Waals surface area contributed by atoms with Crippen molar-refractivity contribution >= 4 is 22.6 Å². The van der Waals surface area contributed by atoms with Crippen LogP contribution >= 0.6 is 22.6 Å². The molecule has 3 heteroatoms. The van der Waals surface area contributed by atoms with Gasteiger partial charge in [0, 0.05) is 28.2 Å². The SMILES string of the molecule is CN1C2CCC1C(CO)[C@@H](c1ccc(I)cc1)C2. The molecule has 3 rings (SSSR count). The fourth-order valence-corrected chi connectivity index (χ4v) is 4.28. The number of rotatable bonds is 2. The van der Waals surface area contributed by atoms with E-state index in [1.165, 1.54) is 28.4 Å². The molecule has 4 atom stereocenters. The Kier molecular flexibility index (Phi) is 3.65. The first-order valence-electron chi connectivity index (χ1n) is 6.79. The van der Waals surface area contributed by atoms with E-state index in [1.807, 2.05) is 0 Å². The molecule has 0 saturated carbocycles. The summed E-state index contributed by atoms with van der Waals surface area (Å²) in [4.78, 5) is 2.50. The van der Waals surface area contributed by atoms with Gasteiger partial charge in [0.2, 0.25) is 0 Å². The van der Waals surface area contributed by atoms with Gasteiger partial charge in [-0.25, -0.2) is 0 Å². The molecular weight excluding hydrogens is 337 g/mol. The molecule has 2 aliphatic rings. The first-order valence-corrected chi connectivity index (χ1v) is 7.87. The average molecular weight is 357 g/mol. The van der Waals surface area contributed by atoms with E-state index in [2.05, 4.69) is 58.8 Å². The summed E-state index contributed by atoms with van der Waals surface area (Å²) in [7, 11) is 2.23.